The van der Waals surface area contributed by atoms with Crippen LogP contribution in [0.1, 0.15) is 19.5 Å². The topological polar surface area (TPSA) is 38.9 Å². The van der Waals surface area contributed by atoms with Crippen LogP contribution in [0.15, 0.2) is 54.6 Å². The molecule has 2 aromatic carbocycles. The summed E-state index contributed by atoms with van der Waals surface area (Å²) in [5.74, 6) is 0.581. The van der Waals surface area contributed by atoms with E-state index in [1.807, 2.05) is 24.3 Å². The van der Waals surface area contributed by atoms with Crippen LogP contribution < -0.4 is 5.73 Å². The Kier molecular flexibility index (Phi) is 3.61. The quantitative estimate of drug-likeness (QED) is 0.754. The highest BCUT2D eigenvalue weighted by Gasteiger charge is 2.07. The van der Waals surface area contributed by atoms with E-state index >= 15 is 0 Å². The molecule has 2 nitrogen and oxygen atoms in total. The normalized spacial score (nSPS) is 11.2. The second-order valence-corrected chi connectivity index (χ2v) is 5.90. The van der Waals surface area contributed by atoms with Gasteiger partial charge in [-0.1, -0.05) is 50.2 Å². The highest BCUT2D eigenvalue weighted by atomic mass is 14.7. The number of anilines is 1. The molecule has 0 aliphatic heterocycles. The number of nitrogens with two attached hydrogens (primary N) is 1. The minimum absolute atomic E-state index is 0.581. The molecule has 3 rings (SSSR count). The monoisotopic (exact) mass is 276 g/mol. The summed E-state index contributed by atoms with van der Waals surface area (Å²) in [7, 11) is 0. The number of pyridine rings is 1. The molecular weight excluding hydrogens is 256 g/mol. The Morgan fingerprint density at radius 1 is 0.952 bits per heavy atom. The second-order valence-electron chi connectivity index (χ2n) is 5.90. The van der Waals surface area contributed by atoms with Crippen molar-refractivity contribution >= 4 is 16.6 Å². The van der Waals surface area contributed by atoms with E-state index in [-0.39, 0.29) is 0 Å². The Morgan fingerprint density at radius 2 is 1.71 bits per heavy atom. The van der Waals surface area contributed by atoms with Crippen molar-refractivity contribution < 1.29 is 0 Å². The first kappa shape index (κ1) is 13.6. The Morgan fingerprint density at radius 3 is 2.43 bits per heavy atom. The first-order valence-corrected chi connectivity index (χ1v) is 7.38. The van der Waals surface area contributed by atoms with E-state index in [0.29, 0.717) is 5.92 Å². The molecule has 0 aliphatic rings. The van der Waals surface area contributed by atoms with Gasteiger partial charge in [0.25, 0.3) is 0 Å². The van der Waals surface area contributed by atoms with Gasteiger partial charge in [0, 0.05) is 16.8 Å². The van der Waals surface area contributed by atoms with Gasteiger partial charge >= 0.3 is 0 Å². The maximum atomic E-state index is 6.24. The molecule has 0 amide bonds. The Bertz CT molecular complexity index is 761. The van der Waals surface area contributed by atoms with Gasteiger partial charge in [0.15, 0.2) is 0 Å². The molecule has 21 heavy (non-hydrogen) atoms. The van der Waals surface area contributed by atoms with E-state index in [4.69, 9.17) is 10.7 Å². The zero-order valence-electron chi connectivity index (χ0n) is 12.5. The van der Waals surface area contributed by atoms with E-state index in [0.717, 1.165) is 28.7 Å². The molecule has 0 saturated heterocycles. The number of aromatic nitrogens is 1. The van der Waals surface area contributed by atoms with Crippen molar-refractivity contribution in [2.45, 2.75) is 20.3 Å². The lowest BCUT2D eigenvalue weighted by Gasteiger charge is -2.10. The molecule has 0 unspecified atom stereocenters. The van der Waals surface area contributed by atoms with Crippen LogP contribution in [-0.4, -0.2) is 4.98 Å². The van der Waals surface area contributed by atoms with E-state index in [1.165, 1.54) is 11.1 Å². The standard InChI is InChI=1S/C19H20N2/c1-13(2)10-16-12-18(20)17-11-15(8-9-19(17)21-16)14-6-4-3-5-7-14/h3-9,11-13H,10H2,1-2H3,(H2,20,21). The molecule has 2 heteroatoms. The summed E-state index contributed by atoms with van der Waals surface area (Å²) in [5, 5.41) is 1.03. The van der Waals surface area contributed by atoms with E-state index < -0.39 is 0 Å². The minimum atomic E-state index is 0.581. The predicted molar refractivity (Wildman–Crippen MR) is 90.1 cm³/mol. The smallest absolute Gasteiger partial charge is 0.0726 e. The molecule has 1 aromatic heterocycles. The Balaban J connectivity index is 2.08. The molecule has 0 spiro atoms. The van der Waals surface area contributed by atoms with Crippen molar-refractivity contribution in [2.75, 3.05) is 5.73 Å². The fourth-order valence-electron chi connectivity index (χ4n) is 2.64. The Hall–Kier alpha value is -2.35. The van der Waals surface area contributed by atoms with Crippen LogP contribution in [0.2, 0.25) is 0 Å². The second kappa shape index (κ2) is 5.57. The van der Waals surface area contributed by atoms with Crippen LogP contribution in [0, 0.1) is 5.92 Å². The molecule has 0 aliphatic carbocycles. The largest absolute Gasteiger partial charge is 0.398 e. The third-order valence-electron chi connectivity index (χ3n) is 3.62. The first-order valence-electron chi connectivity index (χ1n) is 7.38. The predicted octanol–water partition coefficient (Wildman–Crippen LogP) is 4.68. The number of hydrogen-bond acceptors (Lipinski definition) is 2. The molecule has 106 valence electrons. The van der Waals surface area contributed by atoms with Crippen LogP contribution in [0.3, 0.4) is 0 Å². The molecule has 0 bridgehead atoms. The first-order chi connectivity index (χ1) is 10.1. The van der Waals surface area contributed by atoms with Crippen molar-refractivity contribution in [3.05, 3.63) is 60.3 Å². The lowest BCUT2D eigenvalue weighted by Crippen LogP contribution is -2.00. The third kappa shape index (κ3) is 2.89. The lowest BCUT2D eigenvalue weighted by molar-refractivity contribution is 0.637. The van der Waals surface area contributed by atoms with E-state index in [9.17, 15) is 0 Å². The highest BCUT2D eigenvalue weighted by Crippen LogP contribution is 2.27. The summed E-state index contributed by atoms with van der Waals surface area (Å²) in [6.45, 7) is 4.39. The lowest BCUT2D eigenvalue weighted by atomic mass is 10.0. The number of hydrogen-bond donors (Lipinski definition) is 1. The van der Waals surface area contributed by atoms with Crippen LogP contribution in [-0.2, 0) is 6.42 Å². The number of nitrogens with zero attached hydrogens (tertiary/aromatic N) is 1. The van der Waals surface area contributed by atoms with Gasteiger partial charge in [0.1, 0.15) is 0 Å². The maximum Gasteiger partial charge on any atom is 0.0726 e. The zero-order valence-corrected chi connectivity index (χ0v) is 12.5. The third-order valence-corrected chi connectivity index (χ3v) is 3.62. The van der Waals surface area contributed by atoms with Crippen molar-refractivity contribution in [2.24, 2.45) is 5.92 Å². The van der Waals surface area contributed by atoms with Crippen LogP contribution >= 0.6 is 0 Å². The number of nitrogen functional groups attached to an aromatic ring is 1. The molecule has 3 aromatic rings. The van der Waals surface area contributed by atoms with Gasteiger partial charge < -0.3 is 5.73 Å². The van der Waals surface area contributed by atoms with Crippen molar-refractivity contribution in [3.8, 4) is 11.1 Å². The molecule has 0 atom stereocenters. The minimum Gasteiger partial charge on any atom is -0.398 e. The molecule has 0 fully saturated rings. The van der Waals surface area contributed by atoms with Gasteiger partial charge in [0.05, 0.1) is 5.52 Å². The summed E-state index contributed by atoms with van der Waals surface area (Å²) in [4.78, 5) is 4.73. The van der Waals surface area contributed by atoms with Crippen LogP contribution in [0.25, 0.3) is 22.0 Å². The van der Waals surface area contributed by atoms with Gasteiger partial charge in [-0.15, -0.1) is 0 Å². The zero-order chi connectivity index (χ0) is 14.8. The van der Waals surface area contributed by atoms with Gasteiger partial charge in [0.2, 0.25) is 0 Å². The fraction of sp³-hybridized carbons (Fsp3) is 0.211. The van der Waals surface area contributed by atoms with Gasteiger partial charge in [-0.25, -0.2) is 0 Å². The molecular formula is C19H20N2. The summed E-state index contributed by atoms with van der Waals surface area (Å²) in [6, 6.07) is 18.7. The fourth-order valence-corrected chi connectivity index (χ4v) is 2.64. The Labute approximate surface area is 125 Å². The average molecular weight is 276 g/mol. The van der Waals surface area contributed by atoms with Crippen LogP contribution in [0.5, 0.6) is 0 Å². The van der Waals surface area contributed by atoms with Crippen molar-refractivity contribution in [1.29, 1.82) is 0 Å². The summed E-state index contributed by atoms with van der Waals surface area (Å²) in [5.41, 5.74) is 11.5. The number of rotatable bonds is 3. The highest BCUT2D eigenvalue weighted by molar-refractivity contribution is 5.93. The molecule has 1 heterocycles. The van der Waals surface area contributed by atoms with E-state index in [2.05, 4.69) is 44.2 Å². The average Bonchev–Trinajstić information content (AvgIpc) is 2.47. The number of fused-ring (bicyclic) bond motifs is 1. The molecule has 0 saturated carbocycles. The summed E-state index contributed by atoms with van der Waals surface area (Å²) >= 11 is 0. The van der Waals surface area contributed by atoms with Crippen molar-refractivity contribution in [3.63, 3.8) is 0 Å². The van der Waals surface area contributed by atoms with Gasteiger partial charge in [-0.2, -0.15) is 0 Å². The summed E-state index contributed by atoms with van der Waals surface area (Å²) in [6.07, 6.45) is 0.959. The van der Waals surface area contributed by atoms with E-state index in [1.54, 1.807) is 0 Å². The number of benzene rings is 2. The SMILES string of the molecule is CC(C)Cc1cc(N)c2cc(-c3ccccc3)ccc2n1. The summed E-state index contributed by atoms with van der Waals surface area (Å²) < 4.78 is 0. The van der Waals surface area contributed by atoms with Crippen LogP contribution in [0.4, 0.5) is 5.69 Å². The maximum absolute atomic E-state index is 6.24. The van der Waals surface area contributed by atoms with Gasteiger partial charge in [-0.3, -0.25) is 4.98 Å². The van der Waals surface area contributed by atoms with Crippen molar-refractivity contribution in [1.82, 2.24) is 4.98 Å². The molecule has 0 radical (unpaired) electrons. The van der Waals surface area contributed by atoms with Gasteiger partial charge in [-0.05, 0) is 41.7 Å². The molecule has 2 N–H and O–H groups in total.